The third-order valence-electron chi connectivity index (χ3n) is 3.35. The quantitative estimate of drug-likeness (QED) is 0.691. The van der Waals surface area contributed by atoms with Gasteiger partial charge in [0.1, 0.15) is 5.75 Å². The molecule has 110 valence electrons. The predicted octanol–water partition coefficient (Wildman–Crippen LogP) is 3.51. The normalized spacial score (nSPS) is 12.4. The van der Waals surface area contributed by atoms with Gasteiger partial charge in [-0.05, 0) is 55.7 Å². The van der Waals surface area contributed by atoms with Crippen molar-refractivity contribution in [2.24, 2.45) is 0 Å². The Labute approximate surface area is 131 Å². The zero-order valence-electron chi connectivity index (χ0n) is 11.6. The fourth-order valence-electron chi connectivity index (χ4n) is 2.46. The monoisotopic (exact) mass is 321 g/mol. The van der Waals surface area contributed by atoms with Crippen LogP contribution in [-0.2, 0) is 22.4 Å². The number of aryl methyl sites for hydroxylation is 2. The van der Waals surface area contributed by atoms with E-state index in [0.29, 0.717) is 12.4 Å². The summed E-state index contributed by atoms with van der Waals surface area (Å²) in [5.41, 5.74) is 3.52. The molecule has 6 heteroatoms. The SMILES string of the molecule is CCOC(=O)COc1ccc2c(c1)CCc1sc(=S)[nH]c1-2. The van der Waals surface area contributed by atoms with Crippen molar-refractivity contribution in [2.45, 2.75) is 19.8 Å². The molecule has 0 amide bonds. The van der Waals surface area contributed by atoms with E-state index in [-0.39, 0.29) is 12.6 Å². The average Bonchev–Trinajstić information content (AvgIpc) is 2.86. The Balaban J connectivity index is 1.80. The Morgan fingerprint density at radius 3 is 3.10 bits per heavy atom. The molecule has 0 saturated heterocycles. The van der Waals surface area contributed by atoms with Crippen molar-refractivity contribution in [3.8, 4) is 17.0 Å². The molecular formula is C15H15NO3S2. The lowest BCUT2D eigenvalue weighted by molar-refractivity contribution is -0.145. The van der Waals surface area contributed by atoms with Crippen LogP contribution in [0.5, 0.6) is 5.75 Å². The molecule has 0 bridgehead atoms. The van der Waals surface area contributed by atoms with Crippen LogP contribution < -0.4 is 4.74 Å². The number of nitrogens with one attached hydrogen (secondary N) is 1. The number of aromatic nitrogens is 1. The van der Waals surface area contributed by atoms with Gasteiger partial charge < -0.3 is 14.5 Å². The zero-order valence-corrected chi connectivity index (χ0v) is 13.2. The lowest BCUT2D eigenvalue weighted by Crippen LogP contribution is -2.14. The van der Waals surface area contributed by atoms with E-state index >= 15 is 0 Å². The first-order valence-electron chi connectivity index (χ1n) is 6.81. The lowest BCUT2D eigenvalue weighted by Gasteiger charge is -2.16. The minimum atomic E-state index is -0.348. The van der Waals surface area contributed by atoms with Crippen LogP contribution in [0.4, 0.5) is 0 Å². The second kappa shape index (κ2) is 5.99. The van der Waals surface area contributed by atoms with Gasteiger partial charge >= 0.3 is 5.97 Å². The highest BCUT2D eigenvalue weighted by Gasteiger charge is 2.19. The number of esters is 1. The van der Waals surface area contributed by atoms with Crippen molar-refractivity contribution >= 4 is 29.5 Å². The first kappa shape index (κ1) is 14.3. The molecule has 1 aliphatic rings. The molecule has 0 radical (unpaired) electrons. The van der Waals surface area contributed by atoms with Gasteiger partial charge in [0.25, 0.3) is 0 Å². The van der Waals surface area contributed by atoms with Gasteiger partial charge in [0.2, 0.25) is 0 Å². The molecule has 0 spiro atoms. The summed E-state index contributed by atoms with van der Waals surface area (Å²) >= 11 is 6.86. The Kier molecular flexibility index (Phi) is 4.07. The minimum Gasteiger partial charge on any atom is -0.482 e. The number of hydrogen-bond donors (Lipinski definition) is 1. The van der Waals surface area contributed by atoms with Crippen molar-refractivity contribution < 1.29 is 14.3 Å². The second-order valence-corrected chi connectivity index (χ2v) is 6.50. The molecule has 1 aliphatic carbocycles. The van der Waals surface area contributed by atoms with Crippen molar-refractivity contribution in [1.82, 2.24) is 4.98 Å². The molecule has 4 nitrogen and oxygen atoms in total. The van der Waals surface area contributed by atoms with Crippen molar-refractivity contribution in [3.05, 3.63) is 32.6 Å². The summed E-state index contributed by atoms with van der Waals surface area (Å²) in [6.45, 7) is 2.09. The molecule has 21 heavy (non-hydrogen) atoms. The summed E-state index contributed by atoms with van der Waals surface area (Å²) < 4.78 is 11.1. The first-order chi connectivity index (χ1) is 10.2. The molecule has 1 N–H and O–H groups in total. The molecule has 0 aliphatic heterocycles. The van der Waals surface area contributed by atoms with E-state index in [1.54, 1.807) is 18.3 Å². The van der Waals surface area contributed by atoms with Crippen molar-refractivity contribution in [2.75, 3.05) is 13.2 Å². The molecule has 0 atom stereocenters. The van der Waals surface area contributed by atoms with Crippen LogP contribution in [0.2, 0.25) is 0 Å². The molecule has 3 rings (SSSR count). The topological polar surface area (TPSA) is 51.3 Å². The molecule has 2 aromatic rings. The van der Waals surface area contributed by atoms with Crippen LogP contribution in [0.3, 0.4) is 0 Å². The minimum absolute atomic E-state index is 0.0568. The number of ether oxygens (including phenoxy) is 2. The summed E-state index contributed by atoms with van der Waals surface area (Å²) in [4.78, 5) is 15.9. The average molecular weight is 321 g/mol. The molecule has 0 unspecified atom stereocenters. The van der Waals surface area contributed by atoms with E-state index in [1.807, 2.05) is 18.2 Å². The third kappa shape index (κ3) is 3.01. The number of fused-ring (bicyclic) bond motifs is 3. The lowest BCUT2D eigenvalue weighted by atomic mass is 9.93. The van der Waals surface area contributed by atoms with Crippen LogP contribution >= 0.6 is 23.6 Å². The number of carbonyl (C=O) groups is 1. The van der Waals surface area contributed by atoms with Crippen LogP contribution in [0.15, 0.2) is 18.2 Å². The van der Waals surface area contributed by atoms with Gasteiger partial charge in [-0.1, -0.05) is 0 Å². The summed E-state index contributed by atoms with van der Waals surface area (Å²) in [6, 6.07) is 5.89. The maximum atomic E-state index is 11.3. The molecule has 0 fully saturated rings. The van der Waals surface area contributed by atoms with Crippen molar-refractivity contribution in [1.29, 1.82) is 0 Å². The van der Waals surface area contributed by atoms with Gasteiger partial charge in [-0.15, -0.1) is 11.3 Å². The van der Waals surface area contributed by atoms with E-state index in [2.05, 4.69) is 4.98 Å². The van der Waals surface area contributed by atoms with Gasteiger partial charge in [-0.2, -0.15) is 0 Å². The zero-order chi connectivity index (χ0) is 14.8. The summed E-state index contributed by atoms with van der Waals surface area (Å²) in [7, 11) is 0. The van der Waals surface area contributed by atoms with Crippen LogP contribution in [0, 0.1) is 3.95 Å². The Bertz CT molecular complexity index is 733. The largest absolute Gasteiger partial charge is 0.482 e. The maximum absolute atomic E-state index is 11.3. The van der Waals surface area contributed by atoms with Crippen LogP contribution in [0.1, 0.15) is 17.4 Å². The fourth-order valence-corrected chi connectivity index (χ4v) is 3.71. The smallest absolute Gasteiger partial charge is 0.344 e. The number of thiazole rings is 1. The van der Waals surface area contributed by atoms with Gasteiger partial charge in [-0.25, -0.2) is 4.79 Å². The summed E-state index contributed by atoms with van der Waals surface area (Å²) in [6.07, 6.45) is 1.95. The third-order valence-corrected chi connectivity index (χ3v) is 4.65. The fraction of sp³-hybridized carbons (Fsp3) is 0.333. The number of carbonyl (C=O) groups excluding carboxylic acids is 1. The highest BCUT2D eigenvalue weighted by Crippen LogP contribution is 2.36. The van der Waals surface area contributed by atoms with Crippen LogP contribution in [-0.4, -0.2) is 24.2 Å². The van der Waals surface area contributed by atoms with Crippen molar-refractivity contribution in [3.63, 3.8) is 0 Å². The first-order valence-corrected chi connectivity index (χ1v) is 8.03. The van der Waals surface area contributed by atoms with Gasteiger partial charge in [0.15, 0.2) is 10.6 Å². The Morgan fingerprint density at radius 2 is 2.29 bits per heavy atom. The van der Waals surface area contributed by atoms with Gasteiger partial charge in [0, 0.05) is 10.4 Å². The number of rotatable bonds is 4. The number of hydrogen-bond acceptors (Lipinski definition) is 5. The van der Waals surface area contributed by atoms with Gasteiger partial charge in [0.05, 0.1) is 12.3 Å². The highest BCUT2D eigenvalue weighted by molar-refractivity contribution is 7.73. The van der Waals surface area contributed by atoms with Crippen LogP contribution in [0.25, 0.3) is 11.3 Å². The number of benzene rings is 1. The van der Waals surface area contributed by atoms with E-state index in [0.717, 1.165) is 22.5 Å². The highest BCUT2D eigenvalue weighted by atomic mass is 32.1. The standard InChI is InChI=1S/C15H15NO3S2/c1-2-18-13(17)8-19-10-4-5-11-9(7-10)3-6-12-14(11)16-15(20)21-12/h4-5,7H,2-3,6,8H2,1H3,(H,16,20). The van der Waals surface area contributed by atoms with E-state index in [9.17, 15) is 4.79 Å². The Morgan fingerprint density at radius 1 is 1.43 bits per heavy atom. The number of H-pyrrole nitrogens is 1. The maximum Gasteiger partial charge on any atom is 0.344 e. The number of aromatic amines is 1. The van der Waals surface area contributed by atoms with Gasteiger partial charge in [-0.3, -0.25) is 0 Å². The molecule has 0 saturated carbocycles. The summed E-state index contributed by atoms with van der Waals surface area (Å²) in [5.74, 6) is 0.346. The molecular weight excluding hydrogens is 306 g/mol. The second-order valence-electron chi connectivity index (χ2n) is 4.73. The molecule has 1 aromatic heterocycles. The summed E-state index contributed by atoms with van der Waals surface area (Å²) in [5, 5.41) is 0. The molecule has 1 heterocycles. The Hall–Kier alpha value is -1.66. The van der Waals surface area contributed by atoms with E-state index in [4.69, 9.17) is 21.7 Å². The van der Waals surface area contributed by atoms with E-state index < -0.39 is 0 Å². The predicted molar refractivity (Wildman–Crippen MR) is 84.5 cm³/mol. The van der Waals surface area contributed by atoms with E-state index in [1.165, 1.54) is 16.0 Å². The molecule has 1 aromatic carbocycles.